The van der Waals surface area contributed by atoms with Crippen molar-refractivity contribution in [2.45, 2.75) is 6.04 Å². The molecule has 1 heterocycles. The molecular formula is C11H14N2O3. The minimum atomic E-state index is -0.139. The number of hydrogen-bond acceptors (Lipinski definition) is 3. The largest absolute Gasteiger partial charge is 0.493 e. The van der Waals surface area contributed by atoms with Crippen molar-refractivity contribution in [3.63, 3.8) is 0 Å². The number of urea groups is 1. The van der Waals surface area contributed by atoms with Gasteiger partial charge in [-0.15, -0.1) is 0 Å². The number of methoxy groups -OCH3 is 2. The Labute approximate surface area is 93.7 Å². The molecule has 1 aliphatic rings. The molecule has 0 radical (unpaired) electrons. The summed E-state index contributed by atoms with van der Waals surface area (Å²) in [5.41, 5.74) is 0.996. The number of hydrogen-bond donors (Lipinski definition) is 2. The Hall–Kier alpha value is -1.91. The average molecular weight is 222 g/mol. The lowest BCUT2D eigenvalue weighted by Gasteiger charge is -2.13. The van der Waals surface area contributed by atoms with Gasteiger partial charge in [-0.05, 0) is 17.7 Å². The van der Waals surface area contributed by atoms with Crippen LogP contribution in [0.2, 0.25) is 0 Å². The topological polar surface area (TPSA) is 59.6 Å². The monoisotopic (exact) mass is 222 g/mol. The predicted octanol–water partition coefficient (Wildman–Crippen LogP) is 1.06. The number of amides is 2. The van der Waals surface area contributed by atoms with Gasteiger partial charge in [-0.3, -0.25) is 0 Å². The van der Waals surface area contributed by atoms with Gasteiger partial charge in [-0.25, -0.2) is 4.79 Å². The van der Waals surface area contributed by atoms with Crippen LogP contribution in [0.25, 0.3) is 0 Å². The second-order valence-electron chi connectivity index (χ2n) is 3.52. The number of nitrogens with one attached hydrogen (secondary N) is 2. The third kappa shape index (κ3) is 1.88. The molecule has 5 heteroatoms. The predicted molar refractivity (Wildman–Crippen MR) is 58.8 cm³/mol. The average Bonchev–Trinajstić information content (AvgIpc) is 2.75. The van der Waals surface area contributed by atoms with E-state index in [1.54, 1.807) is 14.2 Å². The van der Waals surface area contributed by atoms with Gasteiger partial charge in [0.2, 0.25) is 0 Å². The standard InChI is InChI=1S/C11H14N2O3/c1-15-9-4-3-7(5-10(9)16-2)8-6-12-11(14)13-8/h3-5,8H,6H2,1-2H3,(H2,12,13,14)/t8-/m1/s1. The van der Waals surface area contributed by atoms with Gasteiger partial charge < -0.3 is 20.1 Å². The van der Waals surface area contributed by atoms with Gasteiger partial charge in [0.25, 0.3) is 0 Å². The van der Waals surface area contributed by atoms with Crippen molar-refractivity contribution < 1.29 is 14.3 Å². The molecule has 16 heavy (non-hydrogen) atoms. The second-order valence-corrected chi connectivity index (χ2v) is 3.52. The molecule has 2 rings (SSSR count). The summed E-state index contributed by atoms with van der Waals surface area (Å²) in [5, 5.41) is 5.52. The molecule has 0 bridgehead atoms. The maximum absolute atomic E-state index is 11.0. The first kappa shape index (κ1) is 10.6. The van der Waals surface area contributed by atoms with E-state index in [2.05, 4.69) is 10.6 Å². The van der Waals surface area contributed by atoms with Crippen molar-refractivity contribution in [1.29, 1.82) is 0 Å². The van der Waals surface area contributed by atoms with Crippen LogP contribution in [0.3, 0.4) is 0 Å². The van der Waals surface area contributed by atoms with Crippen LogP contribution >= 0.6 is 0 Å². The fourth-order valence-corrected chi connectivity index (χ4v) is 1.73. The molecule has 86 valence electrons. The Bertz CT molecular complexity index is 406. The molecular weight excluding hydrogens is 208 g/mol. The highest BCUT2D eigenvalue weighted by Crippen LogP contribution is 2.30. The molecule has 1 aromatic rings. The van der Waals surface area contributed by atoms with Gasteiger partial charge in [0, 0.05) is 6.54 Å². The molecule has 5 nitrogen and oxygen atoms in total. The van der Waals surface area contributed by atoms with Crippen LogP contribution in [0.1, 0.15) is 11.6 Å². The smallest absolute Gasteiger partial charge is 0.315 e. The summed E-state index contributed by atoms with van der Waals surface area (Å²) >= 11 is 0. The summed E-state index contributed by atoms with van der Waals surface area (Å²) in [5.74, 6) is 1.35. The molecule has 1 saturated heterocycles. The highest BCUT2D eigenvalue weighted by atomic mass is 16.5. The summed E-state index contributed by atoms with van der Waals surface area (Å²) in [4.78, 5) is 11.0. The van der Waals surface area contributed by atoms with Crippen molar-refractivity contribution in [2.24, 2.45) is 0 Å². The summed E-state index contributed by atoms with van der Waals surface area (Å²) in [6.07, 6.45) is 0. The highest BCUT2D eigenvalue weighted by molar-refractivity contribution is 5.77. The molecule has 0 aromatic heterocycles. The first-order chi connectivity index (χ1) is 7.74. The van der Waals surface area contributed by atoms with E-state index < -0.39 is 0 Å². The molecule has 1 aromatic carbocycles. The van der Waals surface area contributed by atoms with Gasteiger partial charge in [0.1, 0.15) is 0 Å². The van der Waals surface area contributed by atoms with Crippen molar-refractivity contribution in [1.82, 2.24) is 10.6 Å². The number of benzene rings is 1. The molecule has 1 atom stereocenters. The molecule has 2 amide bonds. The normalized spacial score (nSPS) is 18.9. The van der Waals surface area contributed by atoms with E-state index in [9.17, 15) is 4.79 Å². The van der Waals surface area contributed by atoms with Crippen LogP contribution in [0.4, 0.5) is 4.79 Å². The summed E-state index contributed by atoms with van der Waals surface area (Å²) in [7, 11) is 3.18. The van der Waals surface area contributed by atoms with Gasteiger partial charge in [-0.1, -0.05) is 6.07 Å². The van der Waals surface area contributed by atoms with Crippen molar-refractivity contribution in [3.05, 3.63) is 23.8 Å². The minimum Gasteiger partial charge on any atom is -0.493 e. The Morgan fingerprint density at radius 3 is 2.56 bits per heavy atom. The van der Waals surface area contributed by atoms with Crippen molar-refractivity contribution in [3.8, 4) is 11.5 Å². The molecule has 0 spiro atoms. The lowest BCUT2D eigenvalue weighted by atomic mass is 10.1. The third-order valence-electron chi connectivity index (χ3n) is 2.58. The maximum Gasteiger partial charge on any atom is 0.315 e. The second kappa shape index (κ2) is 4.30. The van der Waals surface area contributed by atoms with E-state index in [1.165, 1.54) is 0 Å². The van der Waals surface area contributed by atoms with Crippen LogP contribution in [-0.4, -0.2) is 26.8 Å². The zero-order valence-electron chi connectivity index (χ0n) is 9.24. The van der Waals surface area contributed by atoms with Gasteiger partial charge in [0.15, 0.2) is 11.5 Å². The van der Waals surface area contributed by atoms with Crippen LogP contribution < -0.4 is 20.1 Å². The molecule has 0 unspecified atom stereocenters. The first-order valence-electron chi connectivity index (χ1n) is 5.01. The van der Waals surface area contributed by atoms with Gasteiger partial charge in [0.05, 0.1) is 20.3 Å². The highest BCUT2D eigenvalue weighted by Gasteiger charge is 2.22. The van der Waals surface area contributed by atoms with E-state index in [0.29, 0.717) is 18.0 Å². The number of rotatable bonds is 3. The van der Waals surface area contributed by atoms with Gasteiger partial charge in [-0.2, -0.15) is 0 Å². The minimum absolute atomic E-state index is 0.00712. The van der Waals surface area contributed by atoms with E-state index in [0.717, 1.165) is 5.56 Å². The Balaban J connectivity index is 2.25. The third-order valence-corrected chi connectivity index (χ3v) is 2.58. The number of carbonyl (C=O) groups excluding carboxylic acids is 1. The van der Waals surface area contributed by atoms with Crippen molar-refractivity contribution >= 4 is 6.03 Å². The quantitative estimate of drug-likeness (QED) is 0.803. The lowest BCUT2D eigenvalue weighted by Crippen LogP contribution is -2.21. The van der Waals surface area contributed by atoms with Crippen LogP contribution in [0.5, 0.6) is 11.5 Å². The van der Waals surface area contributed by atoms with E-state index in [1.807, 2.05) is 18.2 Å². The molecule has 0 saturated carbocycles. The summed E-state index contributed by atoms with van der Waals surface area (Å²) in [6, 6.07) is 5.47. The zero-order valence-corrected chi connectivity index (χ0v) is 9.24. The SMILES string of the molecule is COc1ccc([C@H]2CNC(=O)N2)cc1OC. The van der Waals surface area contributed by atoms with Crippen molar-refractivity contribution in [2.75, 3.05) is 20.8 Å². The zero-order chi connectivity index (χ0) is 11.5. The maximum atomic E-state index is 11.0. The molecule has 2 N–H and O–H groups in total. The molecule has 1 fully saturated rings. The summed E-state index contributed by atoms with van der Waals surface area (Å²) in [6.45, 7) is 0.592. The van der Waals surface area contributed by atoms with Crippen LogP contribution in [0.15, 0.2) is 18.2 Å². The van der Waals surface area contributed by atoms with Gasteiger partial charge >= 0.3 is 6.03 Å². The van der Waals surface area contributed by atoms with Crippen LogP contribution in [0, 0.1) is 0 Å². The number of ether oxygens (including phenoxy) is 2. The fourth-order valence-electron chi connectivity index (χ4n) is 1.73. The summed E-state index contributed by atoms with van der Waals surface area (Å²) < 4.78 is 10.4. The molecule has 0 aliphatic carbocycles. The Morgan fingerprint density at radius 1 is 1.25 bits per heavy atom. The van der Waals surface area contributed by atoms with Crippen LogP contribution in [-0.2, 0) is 0 Å². The van der Waals surface area contributed by atoms with E-state index in [4.69, 9.17) is 9.47 Å². The Morgan fingerprint density at radius 2 is 2.00 bits per heavy atom. The fraction of sp³-hybridized carbons (Fsp3) is 0.364. The first-order valence-corrected chi connectivity index (χ1v) is 5.01. The van der Waals surface area contributed by atoms with E-state index in [-0.39, 0.29) is 12.1 Å². The van der Waals surface area contributed by atoms with E-state index >= 15 is 0 Å². The molecule has 1 aliphatic heterocycles. The lowest BCUT2D eigenvalue weighted by molar-refractivity contribution is 0.247. The number of carbonyl (C=O) groups is 1. The Kier molecular flexibility index (Phi) is 2.85.